The number of thiazole rings is 1. The normalized spacial score (nSPS) is 11.0. The van der Waals surface area contributed by atoms with E-state index < -0.39 is 0 Å². The van der Waals surface area contributed by atoms with Crippen LogP contribution in [0.1, 0.15) is 34.5 Å². The number of nitrogens with zero attached hydrogens (tertiary/aromatic N) is 2. The number of methoxy groups -OCH3 is 1. The third-order valence-corrected chi connectivity index (χ3v) is 5.21. The van der Waals surface area contributed by atoms with Crippen LogP contribution in [0.3, 0.4) is 0 Å². The van der Waals surface area contributed by atoms with Gasteiger partial charge in [0.15, 0.2) is 17.5 Å². The molecule has 0 spiro atoms. The smallest absolute Gasteiger partial charge is 0.191 e. The minimum atomic E-state index is 0. The number of hydrogen-bond acceptors (Lipinski definition) is 5. The van der Waals surface area contributed by atoms with Gasteiger partial charge in [-0.1, -0.05) is 13.0 Å². The number of rotatable bonds is 9. The van der Waals surface area contributed by atoms with E-state index >= 15 is 0 Å². The molecule has 2 rings (SSSR count). The number of aliphatic imine (C=N–C) groups is 1. The second-order valence-corrected chi connectivity index (χ2v) is 7.47. The molecule has 0 atom stereocenters. The Labute approximate surface area is 189 Å². The third-order valence-electron chi connectivity index (χ3n) is 4.08. The van der Waals surface area contributed by atoms with Crippen molar-refractivity contribution in [1.82, 2.24) is 15.6 Å². The van der Waals surface area contributed by atoms with Crippen molar-refractivity contribution in [2.24, 2.45) is 4.99 Å². The van der Waals surface area contributed by atoms with E-state index in [4.69, 9.17) is 9.47 Å². The van der Waals surface area contributed by atoms with Gasteiger partial charge in [0.25, 0.3) is 0 Å². The fourth-order valence-corrected chi connectivity index (χ4v) is 3.43. The van der Waals surface area contributed by atoms with Crippen LogP contribution in [0.4, 0.5) is 0 Å². The molecule has 0 aliphatic carbocycles. The molecular weight excluding hydrogens is 487 g/mol. The standard InChI is InChI=1S/C20H30N4O2S.HI/c1-6-11-26-17-8-7-16(12-18(17)25-5)13-23-20(21-4)22-10-9-19-24-14(2)15(3)27-19;/h7-8,12H,6,9-11,13H2,1-5H3,(H2,21,22,23);1H. The lowest BCUT2D eigenvalue weighted by molar-refractivity contribution is 0.294. The molecule has 0 fully saturated rings. The van der Waals surface area contributed by atoms with Crippen molar-refractivity contribution < 1.29 is 9.47 Å². The van der Waals surface area contributed by atoms with Crippen LogP contribution in [-0.4, -0.2) is 38.3 Å². The predicted octanol–water partition coefficient (Wildman–Crippen LogP) is 4.08. The highest BCUT2D eigenvalue weighted by molar-refractivity contribution is 14.0. The average molecular weight is 518 g/mol. The van der Waals surface area contributed by atoms with E-state index in [1.165, 1.54) is 4.88 Å². The van der Waals surface area contributed by atoms with Gasteiger partial charge < -0.3 is 20.1 Å². The van der Waals surface area contributed by atoms with Gasteiger partial charge in [-0.3, -0.25) is 4.99 Å². The molecule has 0 aliphatic heterocycles. The summed E-state index contributed by atoms with van der Waals surface area (Å²) in [5.74, 6) is 2.30. The minimum Gasteiger partial charge on any atom is -0.493 e. The quantitative estimate of drug-likeness (QED) is 0.298. The Kier molecular flexibility index (Phi) is 11.2. The number of halogens is 1. The van der Waals surface area contributed by atoms with Gasteiger partial charge >= 0.3 is 0 Å². The van der Waals surface area contributed by atoms with Gasteiger partial charge in [0.2, 0.25) is 0 Å². The van der Waals surface area contributed by atoms with Crippen LogP contribution in [0.15, 0.2) is 23.2 Å². The lowest BCUT2D eigenvalue weighted by atomic mass is 10.2. The SMILES string of the molecule is CCCOc1ccc(CNC(=NC)NCCc2nc(C)c(C)s2)cc1OC.I. The molecule has 1 heterocycles. The molecule has 0 unspecified atom stereocenters. The first-order chi connectivity index (χ1) is 13.1. The maximum Gasteiger partial charge on any atom is 0.191 e. The lowest BCUT2D eigenvalue weighted by Crippen LogP contribution is -2.37. The number of aromatic nitrogens is 1. The Morgan fingerprint density at radius 2 is 2.00 bits per heavy atom. The van der Waals surface area contributed by atoms with Gasteiger partial charge in [-0.2, -0.15) is 0 Å². The highest BCUT2D eigenvalue weighted by atomic mass is 127. The number of benzene rings is 1. The van der Waals surface area contributed by atoms with Crippen LogP contribution in [0.5, 0.6) is 11.5 Å². The van der Waals surface area contributed by atoms with E-state index in [1.54, 1.807) is 25.5 Å². The Bertz CT molecular complexity index is 745. The summed E-state index contributed by atoms with van der Waals surface area (Å²) in [5.41, 5.74) is 2.22. The molecule has 0 amide bonds. The van der Waals surface area contributed by atoms with Crippen LogP contribution in [0.25, 0.3) is 0 Å². The first-order valence-electron chi connectivity index (χ1n) is 9.24. The Morgan fingerprint density at radius 1 is 1.21 bits per heavy atom. The fourth-order valence-electron chi connectivity index (χ4n) is 2.49. The Balaban J connectivity index is 0.00000392. The second kappa shape index (κ2) is 12.8. The Morgan fingerprint density at radius 3 is 2.61 bits per heavy atom. The highest BCUT2D eigenvalue weighted by Gasteiger charge is 2.07. The maximum absolute atomic E-state index is 5.70. The zero-order valence-corrected chi connectivity index (χ0v) is 20.4. The largest absolute Gasteiger partial charge is 0.493 e. The van der Waals surface area contributed by atoms with Crippen LogP contribution in [0, 0.1) is 13.8 Å². The lowest BCUT2D eigenvalue weighted by Gasteiger charge is -2.14. The zero-order valence-electron chi connectivity index (χ0n) is 17.3. The fraction of sp³-hybridized carbons (Fsp3) is 0.500. The molecule has 6 nitrogen and oxygen atoms in total. The molecule has 0 bridgehead atoms. The van der Waals surface area contributed by atoms with Gasteiger partial charge in [-0.05, 0) is 38.0 Å². The summed E-state index contributed by atoms with van der Waals surface area (Å²) < 4.78 is 11.1. The van der Waals surface area contributed by atoms with Gasteiger partial charge in [-0.25, -0.2) is 4.98 Å². The zero-order chi connectivity index (χ0) is 19.6. The van der Waals surface area contributed by atoms with Crippen molar-refractivity contribution in [3.8, 4) is 11.5 Å². The summed E-state index contributed by atoms with van der Waals surface area (Å²) in [6.45, 7) is 8.37. The number of guanidine groups is 1. The van der Waals surface area contributed by atoms with Gasteiger partial charge in [0.1, 0.15) is 0 Å². The number of nitrogens with one attached hydrogen (secondary N) is 2. The number of aryl methyl sites for hydroxylation is 2. The van der Waals surface area contributed by atoms with E-state index in [-0.39, 0.29) is 24.0 Å². The molecule has 2 aromatic rings. The Hall–Kier alpha value is -1.55. The first kappa shape index (κ1) is 24.5. The van der Waals surface area contributed by atoms with E-state index in [1.807, 2.05) is 18.2 Å². The summed E-state index contributed by atoms with van der Waals surface area (Å²) in [6.07, 6.45) is 1.85. The van der Waals surface area contributed by atoms with Gasteiger partial charge in [-0.15, -0.1) is 35.3 Å². The second-order valence-electron chi connectivity index (χ2n) is 6.19. The summed E-state index contributed by atoms with van der Waals surface area (Å²) >= 11 is 1.76. The summed E-state index contributed by atoms with van der Waals surface area (Å²) in [6, 6.07) is 5.98. The molecule has 8 heteroatoms. The molecule has 0 saturated heterocycles. The average Bonchev–Trinajstić information content (AvgIpc) is 3.00. The van der Waals surface area contributed by atoms with Crippen LogP contribution < -0.4 is 20.1 Å². The molecule has 1 aromatic heterocycles. The van der Waals surface area contributed by atoms with E-state index in [0.29, 0.717) is 13.2 Å². The van der Waals surface area contributed by atoms with E-state index in [2.05, 4.69) is 41.4 Å². The van der Waals surface area contributed by atoms with Crippen molar-refractivity contribution in [2.45, 2.75) is 40.2 Å². The van der Waals surface area contributed by atoms with Crippen molar-refractivity contribution in [1.29, 1.82) is 0 Å². The minimum absolute atomic E-state index is 0. The van der Waals surface area contributed by atoms with Gasteiger partial charge in [0.05, 0.1) is 24.4 Å². The summed E-state index contributed by atoms with van der Waals surface area (Å²) in [4.78, 5) is 10.1. The molecular formula is C20H31IN4O2S. The monoisotopic (exact) mass is 518 g/mol. The molecule has 0 saturated carbocycles. The number of ether oxygens (including phenoxy) is 2. The van der Waals surface area contributed by atoms with E-state index in [0.717, 1.165) is 53.1 Å². The van der Waals surface area contributed by atoms with Crippen LogP contribution >= 0.6 is 35.3 Å². The van der Waals surface area contributed by atoms with Crippen molar-refractivity contribution in [2.75, 3.05) is 27.3 Å². The highest BCUT2D eigenvalue weighted by Crippen LogP contribution is 2.28. The molecule has 2 N–H and O–H groups in total. The van der Waals surface area contributed by atoms with Gasteiger partial charge in [0, 0.05) is 31.4 Å². The predicted molar refractivity (Wildman–Crippen MR) is 128 cm³/mol. The topological polar surface area (TPSA) is 67.8 Å². The van der Waals surface area contributed by atoms with Crippen LogP contribution in [-0.2, 0) is 13.0 Å². The van der Waals surface area contributed by atoms with Crippen molar-refractivity contribution in [3.63, 3.8) is 0 Å². The number of hydrogen-bond donors (Lipinski definition) is 2. The van der Waals surface area contributed by atoms with E-state index in [9.17, 15) is 0 Å². The molecule has 1 aromatic carbocycles. The first-order valence-corrected chi connectivity index (χ1v) is 10.1. The summed E-state index contributed by atoms with van der Waals surface area (Å²) in [7, 11) is 3.43. The molecule has 0 radical (unpaired) electrons. The summed E-state index contributed by atoms with van der Waals surface area (Å²) in [5, 5.41) is 7.82. The van der Waals surface area contributed by atoms with Crippen LogP contribution in [0.2, 0.25) is 0 Å². The molecule has 156 valence electrons. The third kappa shape index (κ3) is 7.46. The molecule has 28 heavy (non-hydrogen) atoms. The maximum atomic E-state index is 5.70. The van der Waals surface area contributed by atoms with Crippen molar-refractivity contribution >= 4 is 41.3 Å². The van der Waals surface area contributed by atoms with Crippen molar-refractivity contribution in [3.05, 3.63) is 39.3 Å². The molecule has 0 aliphatic rings.